The van der Waals surface area contributed by atoms with E-state index in [0.29, 0.717) is 32.7 Å². The molecule has 2 aliphatic rings. The minimum atomic E-state index is -0.518. The molecule has 1 fully saturated rings. The summed E-state index contributed by atoms with van der Waals surface area (Å²) in [6, 6.07) is 0.195. The van der Waals surface area contributed by atoms with Crippen LogP contribution in [0.5, 0.6) is 0 Å². The molecule has 138 valence electrons. The number of ether oxygens (including phenoxy) is 2. The van der Waals surface area contributed by atoms with Crippen molar-refractivity contribution in [2.75, 3.05) is 31.2 Å². The maximum Gasteiger partial charge on any atom is 0.410 e. The number of fused-ring (bicyclic) bond motifs is 1. The molecule has 0 saturated carbocycles. The van der Waals surface area contributed by atoms with Gasteiger partial charge < -0.3 is 19.3 Å². The van der Waals surface area contributed by atoms with E-state index in [1.165, 1.54) is 0 Å². The van der Waals surface area contributed by atoms with Gasteiger partial charge in [-0.3, -0.25) is 0 Å². The lowest BCUT2D eigenvalue weighted by Crippen LogP contribution is -2.46. The number of rotatable bonds is 1. The number of halogens is 1. The Kier molecular flexibility index (Phi) is 5.06. The van der Waals surface area contributed by atoms with Crippen LogP contribution in [-0.4, -0.2) is 58.9 Å². The third kappa shape index (κ3) is 4.15. The number of aromatic nitrogens is 2. The first-order valence-electron chi connectivity index (χ1n) is 8.62. The van der Waals surface area contributed by atoms with E-state index in [1.807, 2.05) is 20.8 Å². The van der Waals surface area contributed by atoms with Crippen molar-refractivity contribution in [1.82, 2.24) is 14.9 Å². The molecule has 25 heavy (non-hydrogen) atoms. The lowest BCUT2D eigenvalue weighted by molar-refractivity contribution is 0.0222. The van der Waals surface area contributed by atoms with Crippen molar-refractivity contribution in [2.24, 2.45) is 0 Å². The van der Waals surface area contributed by atoms with Crippen LogP contribution in [0.25, 0.3) is 0 Å². The van der Waals surface area contributed by atoms with Crippen LogP contribution in [0.4, 0.5) is 10.6 Å². The first kappa shape index (κ1) is 18.2. The molecule has 7 nitrogen and oxygen atoms in total. The number of amides is 1. The molecule has 0 spiro atoms. The molecule has 2 aliphatic heterocycles. The molecule has 3 heterocycles. The van der Waals surface area contributed by atoms with Gasteiger partial charge in [0.2, 0.25) is 5.28 Å². The zero-order chi connectivity index (χ0) is 18.2. The summed E-state index contributed by atoms with van der Waals surface area (Å²) in [5.74, 6) is 0.805. The van der Waals surface area contributed by atoms with Crippen LogP contribution < -0.4 is 4.90 Å². The lowest BCUT2D eigenvalue weighted by atomic mass is 10.1. The molecular weight excluding hydrogens is 344 g/mol. The van der Waals surface area contributed by atoms with Gasteiger partial charge in [0.25, 0.3) is 0 Å². The van der Waals surface area contributed by atoms with Crippen LogP contribution in [0.15, 0.2) is 0 Å². The molecule has 0 N–H and O–H groups in total. The number of anilines is 1. The Bertz CT molecular complexity index is 662. The van der Waals surface area contributed by atoms with E-state index in [-0.39, 0.29) is 17.4 Å². The number of carbonyl (C=O) groups excluding carboxylic acids is 1. The highest BCUT2D eigenvalue weighted by Gasteiger charge is 2.31. The van der Waals surface area contributed by atoms with Crippen LogP contribution >= 0.6 is 11.6 Å². The van der Waals surface area contributed by atoms with Crippen LogP contribution in [-0.2, 0) is 22.4 Å². The molecule has 0 unspecified atom stereocenters. The Balaban J connectivity index is 1.88. The molecule has 0 radical (unpaired) electrons. The van der Waals surface area contributed by atoms with Gasteiger partial charge in [-0.05, 0) is 39.3 Å². The topological polar surface area (TPSA) is 67.8 Å². The van der Waals surface area contributed by atoms with Crippen molar-refractivity contribution in [2.45, 2.75) is 52.3 Å². The van der Waals surface area contributed by atoms with Crippen molar-refractivity contribution in [1.29, 1.82) is 0 Å². The van der Waals surface area contributed by atoms with Gasteiger partial charge in [0.1, 0.15) is 11.4 Å². The van der Waals surface area contributed by atoms with Gasteiger partial charge in [-0.25, -0.2) is 14.8 Å². The van der Waals surface area contributed by atoms with Gasteiger partial charge in [-0.1, -0.05) is 0 Å². The Labute approximate surface area is 153 Å². The van der Waals surface area contributed by atoms with Gasteiger partial charge in [-0.2, -0.15) is 0 Å². The molecule has 1 saturated heterocycles. The smallest absolute Gasteiger partial charge is 0.410 e. The third-order valence-corrected chi connectivity index (χ3v) is 4.47. The molecule has 0 aromatic carbocycles. The molecule has 0 aliphatic carbocycles. The minimum absolute atomic E-state index is 0.195. The van der Waals surface area contributed by atoms with Gasteiger partial charge in [0.15, 0.2) is 0 Å². The van der Waals surface area contributed by atoms with E-state index in [1.54, 1.807) is 4.90 Å². The molecule has 8 heteroatoms. The molecule has 3 rings (SSSR count). The summed E-state index contributed by atoms with van der Waals surface area (Å²) in [6.45, 7) is 10.7. The van der Waals surface area contributed by atoms with E-state index in [2.05, 4.69) is 21.8 Å². The van der Waals surface area contributed by atoms with Gasteiger partial charge in [0.05, 0.1) is 31.5 Å². The van der Waals surface area contributed by atoms with Crippen LogP contribution in [0.2, 0.25) is 5.28 Å². The predicted octanol–water partition coefficient (Wildman–Crippen LogP) is 2.65. The summed E-state index contributed by atoms with van der Waals surface area (Å²) in [5, 5.41) is 0.248. The van der Waals surface area contributed by atoms with Crippen LogP contribution in [0.1, 0.15) is 39.0 Å². The normalized spacial score (nSPS) is 21.1. The Morgan fingerprint density at radius 1 is 1.32 bits per heavy atom. The molecule has 1 aromatic heterocycles. The zero-order valence-electron chi connectivity index (χ0n) is 15.2. The fraction of sp³-hybridized carbons (Fsp3) is 0.706. The molecule has 0 bridgehead atoms. The molecule has 1 aromatic rings. The highest BCUT2D eigenvalue weighted by molar-refractivity contribution is 6.28. The second-order valence-corrected chi connectivity index (χ2v) is 7.85. The number of carbonyl (C=O) groups is 1. The van der Waals surface area contributed by atoms with Crippen LogP contribution in [0, 0.1) is 0 Å². The zero-order valence-corrected chi connectivity index (χ0v) is 16.0. The van der Waals surface area contributed by atoms with E-state index in [4.69, 9.17) is 21.1 Å². The molecule has 1 atom stereocenters. The monoisotopic (exact) mass is 368 g/mol. The Hall–Kier alpha value is -1.60. The summed E-state index contributed by atoms with van der Waals surface area (Å²) in [4.78, 5) is 25.2. The second kappa shape index (κ2) is 6.96. The number of nitrogens with zero attached hydrogens (tertiary/aromatic N) is 4. The predicted molar refractivity (Wildman–Crippen MR) is 95.0 cm³/mol. The standard InChI is InChI=1S/C17H25ClN4O3/c1-11-10-24-8-7-22(11)14-12-9-21(16(23)25-17(2,3)4)6-5-13(12)19-15(18)20-14/h11H,5-10H2,1-4H3/t11-/m0/s1. The summed E-state index contributed by atoms with van der Waals surface area (Å²) in [6.07, 6.45) is 0.330. The average Bonchev–Trinajstić information content (AvgIpc) is 2.52. The van der Waals surface area contributed by atoms with E-state index in [9.17, 15) is 4.79 Å². The lowest BCUT2D eigenvalue weighted by Gasteiger charge is -2.38. The Morgan fingerprint density at radius 3 is 2.76 bits per heavy atom. The fourth-order valence-electron chi connectivity index (χ4n) is 3.13. The van der Waals surface area contributed by atoms with Crippen LogP contribution in [0.3, 0.4) is 0 Å². The van der Waals surface area contributed by atoms with E-state index >= 15 is 0 Å². The van der Waals surface area contributed by atoms with Gasteiger partial charge >= 0.3 is 6.09 Å². The van der Waals surface area contributed by atoms with Crippen molar-refractivity contribution in [3.05, 3.63) is 16.5 Å². The second-order valence-electron chi connectivity index (χ2n) is 7.51. The van der Waals surface area contributed by atoms with Crippen molar-refractivity contribution in [3.8, 4) is 0 Å². The maximum absolute atomic E-state index is 12.4. The van der Waals surface area contributed by atoms with Crippen molar-refractivity contribution in [3.63, 3.8) is 0 Å². The fourth-order valence-corrected chi connectivity index (χ4v) is 3.31. The van der Waals surface area contributed by atoms with Crippen molar-refractivity contribution >= 4 is 23.5 Å². The summed E-state index contributed by atoms with van der Waals surface area (Å²) in [5.41, 5.74) is 1.35. The SMILES string of the molecule is C[C@H]1COCCN1c1nc(Cl)nc2c1CN(C(=O)OC(C)(C)C)CC2. The maximum atomic E-state index is 12.4. The van der Waals surface area contributed by atoms with Gasteiger partial charge in [-0.15, -0.1) is 0 Å². The van der Waals surface area contributed by atoms with Crippen molar-refractivity contribution < 1.29 is 14.3 Å². The molecule has 1 amide bonds. The van der Waals surface area contributed by atoms with Gasteiger partial charge in [0, 0.05) is 25.1 Å². The number of hydrogen-bond donors (Lipinski definition) is 0. The average molecular weight is 369 g/mol. The first-order valence-corrected chi connectivity index (χ1v) is 9.00. The largest absolute Gasteiger partial charge is 0.444 e. The van der Waals surface area contributed by atoms with E-state index in [0.717, 1.165) is 23.6 Å². The molecular formula is C17H25ClN4O3. The summed E-state index contributed by atoms with van der Waals surface area (Å²) in [7, 11) is 0. The quantitative estimate of drug-likeness (QED) is 0.710. The summed E-state index contributed by atoms with van der Waals surface area (Å²) < 4.78 is 11.0. The highest BCUT2D eigenvalue weighted by atomic mass is 35.5. The first-order chi connectivity index (χ1) is 11.7. The number of hydrogen-bond acceptors (Lipinski definition) is 6. The minimum Gasteiger partial charge on any atom is -0.444 e. The number of morpholine rings is 1. The Morgan fingerprint density at radius 2 is 2.08 bits per heavy atom. The highest BCUT2D eigenvalue weighted by Crippen LogP contribution is 2.30. The third-order valence-electron chi connectivity index (χ3n) is 4.30. The summed E-state index contributed by atoms with van der Waals surface area (Å²) >= 11 is 6.15. The van der Waals surface area contributed by atoms with E-state index < -0.39 is 5.60 Å².